The molecule has 1 aromatic carbocycles. The second-order valence-corrected chi connectivity index (χ2v) is 7.36. The third-order valence-corrected chi connectivity index (χ3v) is 4.98. The molecule has 1 amide bonds. The Morgan fingerprint density at radius 2 is 2.05 bits per heavy atom. The number of hydrogen-bond donors (Lipinski definition) is 1. The second kappa shape index (κ2) is 7.61. The molecule has 1 heterocycles. The molecule has 2 aromatic rings. The van der Waals surface area contributed by atoms with E-state index in [2.05, 4.69) is 22.0 Å². The van der Waals surface area contributed by atoms with Gasteiger partial charge in [0.1, 0.15) is 0 Å². The van der Waals surface area contributed by atoms with Gasteiger partial charge in [-0.05, 0) is 53.0 Å². The van der Waals surface area contributed by atoms with E-state index in [1.165, 1.54) is 4.88 Å². The lowest BCUT2D eigenvalue weighted by molar-refractivity contribution is -0.131. The van der Waals surface area contributed by atoms with Gasteiger partial charge in [0, 0.05) is 23.5 Å². The third kappa shape index (κ3) is 4.58. The SMILES string of the molecule is CCN(Cc1ccc(Br)s1)C(=O)CCc1ccccc1N. The Labute approximate surface area is 137 Å². The number of carbonyl (C=O) groups is 1. The molecule has 0 unspecified atom stereocenters. The Bertz CT molecular complexity index is 612. The molecule has 112 valence electrons. The van der Waals surface area contributed by atoms with Crippen LogP contribution in [0.5, 0.6) is 0 Å². The summed E-state index contributed by atoms with van der Waals surface area (Å²) in [6, 6.07) is 11.8. The molecule has 0 aliphatic rings. The van der Waals surface area contributed by atoms with Crippen LogP contribution in [-0.4, -0.2) is 17.4 Å². The minimum atomic E-state index is 0.172. The fourth-order valence-corrected chi connectivity index (χ4v) is 3.66. The number of amides is 1. The van der Waals surface area contributed by atoms with E-state index in [0.717, 1.165) is 21.6 Å². The van der Waals surface area contributed by atoms with Crippen molar-refractivity contribution in [1.29, 1.82) is 0 Å². The summed E-state index contributed by atoms with van der Waals surface area (Å²) < 4.78 is 1.10. The van der Waals surface area contributed by atoms with Crippen LogP contribution in [0.15, 0.2) is 40.2 Å². The topological polar surface area (TPSA) is 46.3 Å². The Morgan fingerprint density at radius 1 is 1.29 bits per heavy atom. The van der Waals surface area contributed by atoms with Crippen molar-refractivity contribution in [2.45, 2.75) is 26.3 Å². The standard InChI is InChI=1S/C16H19BrN2OS/c1-2-19(11-13-8-9-15(17)21-13)16(20)10-7-12-5-3-4-6-14(12)18/h3-6,8-9H,2,7,10-11,18H2,1H3. The number of aryl methyl sites for hydroxylation is 1. The third-order valence-electron chi connectivity index (χ3n) is 3.37. The molecule has 0 spiro atoms. The van der Waals surface area contributed by atoms with Gasteiger partial charge in [-0.1, -0.05) is 18.2 Å². The van der Waals surface area contributed by atoms with Crippen LogP contribution in [0.4, 0.5) is 5.69 Å². The molecule has 0 radical (unpaired) electrons. The summed E-state index contributed by atoms with van der Waals surface area (Å²) in [7, 11) is 0. The highest BCUT2D eigenvalue weighted by Gasteiger charge is 2.13. The highest BCUT2D eigenvalue weighted by atomic mass is 79.9. The molecule has 0 fully saturated rings. The van der Waals surface area contributed by atoms with Crippen molar-refractivity contribution in [2.24, 2.45) is 0 Å². The Balaban J connectivity index is 1.93. The number of para-hydroxylation sites is 1. The zero-order valence-corrected chi connectivity index (χ0v) is 14.4. The molecule has 2 rings (SSSR count). The molecule has 0 aliphatic heterocycles. The van der Waals surface area contributed by atoms with Crippen LogP contribution in [0.25, 0.3) is 0 Å². The monoisotopic (exact) mass is 366 g/mol. The van der Waals surface area contributed by atoms with E-state index in [0.29, 0.717) is 19.4 Å². The van der Waals surface area contributed by atoms with Gasteiger partial charge in [0.2, 0.25) is 5.91 Å². The summed E-state index contributed by atoms with van der Waals surface area (Å²) in [5.41, 5.74) is 7.72. The summed E-state index contributed by atoms with van der Waals surface area (Å²) >= 11 is 5.12. The molecule has 0 aliphatic carbocycles. The Morgan fingerprint density at radius 3 is 2.67 bits per heavy atom. The molecule has 0 saturated heterocycles. The van der Waals surface area contributed by atoms with E-state index in [1.54, 1.807) is 11.3 Å². The van der Waals surface area contributed by atoms with Gasteiger partial charge >= 0.3 is 0 Å². The van der Waals surface area contributed by atoms with Crippen LogP contribution < -0.4 is 5.73 Å². The predicted molar refractivity (Wildman–Crippen MR) is 92.3 cm³/mol. The first-order valence-electron chi connectivity index (χ1n) is 6.95. The maximum atomic E-state index is 12.3. The number of nitrogens with two attached hydrogens (primary N) is 1. The van der Waals surface area contributed by atoms with Gasteiger partial charge in [0.15, 0.2) is 0 Å². The lowest BCUT2D eigenvalue weighted by Gasteiger charge is -2.20. The van der Waals surface area contributed by atoms with E-state index in [-0.39, 0.29) is 5.91 Å². The van der Waals surface area contributed by atoms with Crippen LogP contribution in [0.2, 0.25) is 0 Å². The van der Waals surface area contributed by atoms with Gasteiger partial charge in [-0.3, -0.25) is 4.79 Å². The Hall–Kier alpha value is -1.33. The molecule has 21 heavy (non-hydrogen) atoms. The molecule has 0 saturated carbocycles. The van der Waals surface area contributed by atoms with Crippen molar-refractivity contribution in [3.63, 3.8) is 0 Å². The normalized spacial score (nSPS) is 10.6. The number of thiophene rings is 1. The number of hydrogen-bond acceptors (Lipinski definition) is 3. The molecule has 5 heteroatoms. The number of benzene rings is 1. The van der Waals surface area contributed by atoms with Gasteiger partial charge in [0.05, 0.1) is 10.3 Å². The van der Waals surface area contributed by atoms with Gasteiger partial charge in [-0.2, -0.15) is 0 Å². The first kappa shape index (κ1) is 16.0. The number of halogens is 1. The summed E-state index contributed by atoms with van der Waals surface area (Å²) in [6.45, 7) is 3.41. The quantitative estimate of drug-likeness (QED) is 0.783. The zero-order valence-electron chi connectivity index (χ0n) is 12.0. The van der Waals surface area contributed by atoms with E-state index < -0.39 is 0 Å². The largest absolute Gasteiger partial charge is 0.399 e. The first-order valence-corrected chi connectivity index (χ1v) is 8.56. The van der Waals surface area contributed by atoms with Gasteiger partial charge < -0.3 is 10.6 Å². The second-order valence-electron chi connectivity index (χ2n) is 4.81. The number of rotatable bonds is 6. The van der Waals surface area contributed by atoms with Crippen LogP contribution >= 0.6 is 27.3 Å². The molecular weight excluding hydrogens is 348 g/mol. The van der Waals surface area contributed by atoms with Gasteiger partial charge in [-0.15, -0.1) is 11.3 Å². The van der Waals surface area contributed by atoms with Crippen molar-refractivity contribution in [3.8, 4) is 0 Å². The smallest absolute Gasteiger partial charge is 0.223 e. The fourth-order valence-electron chi connectivity index (χ4n) is 2.16. The minimum absolute atomic E-state index is 0.172. The number of nitrogens with zero attached hydrogens (tertiary/aromatic N) is 1. The van der Waals surface area contributed by atoms with E-state index in [4.69, 9.17) is 5.73 Å². The average molecular weight is 367 g/mol. The van der Waals surface area contributed by atoms with Crippen LogP contribution in [0.3, 0.4) is 0 Å². The summed E-state index contributed by atoms with van der Waals surface area (Å²) in [4.78, 5) is 15.4. The van der Waals surface area contributed by atoms with Crippen LogP contribution in [-0.2, 0) is 17.8 Å². The van der Waals surface area contributed by atoms with Gasteiger partial charge in [0.25, 0.3) is 0 Å². The van der Waals surface area contributed by atoms with Gasteiger partial charge in [-0.25, -0.2) is 0 Å². The van der Waals surface area contributed by atoms with Crippen molar-refractivity contribution in [3.05, 3.63) is 50.6 Å². The van der Waals surface area contributed by atoms with Crippen molar-refractivity contribution in [2.75, 3.05) is 12.3 Å². The molecule has 2 N–H and O–H groups in total. The lowest BCUT2D eigenvalue weighted by Crippen LogP contribution is -2.30. The van der Waals surface area contributed by atoms with E-state index in [1.807, 2.05) is 42.2 Å². The molecule has 3 nitrogen and oxygen atoms in total. The Kier molecular flexibility index (Phi) is 5.82. The number of carbonyl (C=O) groups excluding carboxylic acids is 1. The summed E-state index contributed by atoms with van der Waals surface area (Å²) in [5.74, 6) is 0.172. The van der Waals surface area contributed by atoms with Crippen molar-refractivity contribution < 1.29 is 4.79 Å². The zero-order chi connectivity index (χ0) is 15.2. The highest BCUT2D eigenvalue weighted by molar-refractivity contribution is 9.11. The maximum absolute atomic E-state index is 12.3. The summed E-state index contributed by atoms with van der Waals surface area (Å²) in [6.07, 6.45) is 1.19. The lowest BCUT2D eigenvalue weighted by atomic mass is 10.1. The average Bonchev–Trinajstić information content (AvgIpc) is 2.89. The predicted octanol–water partition coefficient (Wildman–Crippen LogP) is 4.07. The van der Waals surface area contributed by atoms with Crippen molar-refractivity contribution in [1.82, 2.24) is 4.90 Å². The number of anilines is 1. The molecule has 1 aromatic heterocycles. The van der Waals surface area contributed by atoms with E-state index in [9.17, 15) is 4.79 Å². The number of nitrogen functional groups attached to an aromatic ring is 1. The minimum Gasteiger partial charge on any atom is -0.399 e. The fraction of sp³-hybridized carbons (Fsp3) is 0.312. The highest BCUT2D eigenvalue weighted by Crippen LogP contribution is 2.23. The van der Waals surface area contributed by atoms with E-state index >= 15 is 0 Å². The van der Waals surface area contributed by atoms with Crippen LogP contribution in [0.1, 0.15) is 23.8 Å². The first-order chi connectivity index (χ1) is 10.1. The van der Waals surface area contributed by atoms with Crippen molar-refractivity contribution >= 4 is 38.9 Å². The maximum Gasteiger partial charge on any atom is 0.223 e. The molecular formula is C16H19BrN2OS. The van der Waals surface area contributed by atoms with Crippen LogP contribution in [0, 0.1) is 0 Å². The molecule has 0 bridgehead atoms. The molecule has 0 atom stereocenters. The summed E-state index contributed by atoms with van der Waals surface area (Å²) in [5, 5.41) is 0.